The average Bonchev–Trinajstić information content (AvgIpc) is 3.19. The van der Waals surface area contributed by atoms with Gasteiger partial charge in [0.15, 0.2) is 0 Å². The van der Waals surface area contributed by atoms with E-state index in [-0.39, 0.29) is 0 Å². The molecule has 0 amide bonds. The largest absolute Gasteiger partial charge is 0.356 e. The molecular formula is C24H22ClN3S. The van der Waals surface area contributed by atoms with Crippen LogP contribution in [-0.2, 0) is 6.42 Å². The Morgan fingerprint density at radius 2 is 1.62 bits per heavy atom. The van der Waals surface area contributed by atoms with Gasteiger partial charge in [-0.1, -0.05) is 60.7 Å². The van der Waals surface area contributed by atoms with Crippen molar-refractivity contribution in [2.75, 3.05) is 18.0 Å². The number of halogens is 1. The van der Waals surface area contributed by atoms with Crippen molar-refractivity contribution in [3.05, 3.63) is 77.6 Å². The van der Waals surface area contributed by atoms with Crippen molar-refractivity contribution >= 4 is 39.0 Å². The van der Waals surface area contributed by atoms with E-state index >= 15 is 0 Å². The first-order chi connectivity index (χ1) is 14.3. The molecule has 0 unspecified atom stereocenters. The molecular weight excluding hydrogens is 398 g/mol. The number of piperidine rings is 1. The van der Waals surface area contributed by atoms with Crippen molar-refractivity contribution < 1.29 is 0 Å². The number of anilines is 1. The highest BCUT2D eigenvalue weighted by atomic mass is 35.5. The summed E-state index contributed by atoms with van der Waals surface area (Å²) in [6, 6.07) is 23.5. The molecule has 29 heavy (non-hydrogen) atoms. The van der Waals surface area contributed by atoms with Crippen molar-refractivity contribution in [3.63, 3.8) is 0 Å². The van der Waals surface area contributed by atoms with E-state index in [2.05, 4.69) is 75.5 Å². The SMILES string of the molecule is Clc1nc(N2CCC(Cc3ccccc3)CC2)c2cc(-c3ccccc3)sc2n1. The number of hydrogen-bond acceptors (Lipinski definition) is 4. The van der Waals surface area contributed by atoms with Crippen LogP contribution in [0.1, 0.15) is 18.4 Å². The third kappa shape index (κ3) is 4.00. The van der Waals surface area contributed by atoms with Crippen LogP contribution in [0.25, 0.3) is 20.7 Å². The van der Waals surface area contributed by atoms with Gasteiger partial charge in [-0.05, 0) is 54.0 Å². The normalized spacial score (nSPS) is 15.1. The number of fused-ring (bicyclic) bond motifs is 1. The minimum absolute atomic E-state index is 0.334. The maximum atomic E-state index is 6.29. The first kappa shape index (κ1) is 18.6. The molecule has 1 aliphatic rings. The Hall–Kier alpha value is -2.43. The van der Waals surface area contributed by atoms with Crippen LogP contribution < -0.4 is 4.90 Å². The van der Waals surface area contributed by atoms with Crippen LogP contribution in [0.15, 0.2) is 66.7 Å². The van der Waals surface area contributed by atoms with E-state index in [0.717, 1.165) is 41.5 Å². The van der Waals surface area contributed by atoms with E-state index in [4.69, 9.17) is 11.6 Å². The molecule has 3 heterocycles. The van der Waals surface area contributed by atoms with E-state index < -0.39 is 0 Å². The summed E-state index contributed by atoms with van der Waals surface area (Å²) in [5.41, 5.74) is 2.64. The van der Waals surface area contributed by atoms with Gasteiger partial charge < -0.3 is 4.90 Å². The third-order valence-corrected chi connectivity index (χ3v) is 6.93. The van der Waals surface area contributed by atoms with Gasteiger partial charge in [-0.15, -0.1) is 11.3 Å². The summed E-state index contributed by atoms with van der Waals surface area (Å²) >= 11 is 7.97. The fourth-order valence-electron chi connectivity index (χ4n) is 4.16. The Kier molecular flexibility index (Phi) is 5.21. The second-order valence-electron chi connectivity index (χ2n) is 7.63. The maximum Gasteiger partial charge on any atom is 0.225 e. The van der Waals surface area contributed by atoms with Gasteiger partial charge in [0.1, 0.15) is 10.6 Å². The van der Waals surface area contributed by atoms with E-state index in [1.54, 1.807) is 11.3 Å². The summed E-state index contributed by atoms with van der Waals surface area (Å²) in [6.45, 7) is 2.02. The van der Waals surface area contributed by atoms with E-state index in [9.17, 15) is 0 Å². The second-order valence-corrected chi connectivity index (χ2v) is 9.00. The molecule has 0 aliphatic carbocycles. The fourth-order valence-corrected chi connectivity index (χ4v) is 5.41. The topological polar surface area (TPSA) is 29.0 Å². The monoisotopic (exact) mass is 419 g/mol. The fraction of sp³-hybridized carbons (Fsp3) is 0.250. The van der Waals surface area contributed by atoms with Gasteiger partial charge in [0.25, 0.3) is 0 Å². The van der Waals surface area contributed by atoms with Gasteiger partial charge in [-0.3, -0.25) is 0 Å². The summed E-state index contributed by atoms with van der Waals surface area (Å²) in [7, 11) is 0. The van der Waals surface area contributed by atoms with Crippen molar-refractivity contribution in [2.45, 2.75) is 19.3 Å². The number of thiophene rings is 1. The number of benzene rings is 2. The van der Waals surface area contributed by atoms with Gasteiger partial charge in [-0.25, -0.2) is 4.98 Å². The Labute approximate surface area is 180 Å². The molecule has 2 aromatic heterocycles. The lowest BCUT2D eigenvalue weighted by molar-refractivity contribution is 0.403. The van der Waals surface area contributed by atoms with Gasteiger partial charge in [0.2, 0.25) is 5.28 Å². The second kappa shape index (κ2) is 8.13. The third-order valence-electron chi connectivity index (χ3n) is 5.68. The zero-order valence-corrected chi connectivity index (χ0v) is 17.7. The number of hydrogen-bond donors (Lipinski definition) is 0. The highest BCUT2D eigenvalue weighted by Gasteiger charge is 2.23. The van der Waals surface area contributed by atoms with Gasteiger partial charge in [-0.2, -0.15) is 4.98 Å². The first-order valence-electron chi connectivity index (χ1n) is 10.1. The Bertz CT molecular complexity index is 1100. The van der Waals surface area contributed by atoms with Crippen molar-refractivity contribution in [3.8, 4) is 10.4 Å². The Morgan fingerprint density at radius 1 is 0.931 bits per heavy atom. The molecule has 146 valence electrons. The molecule has 0 atom stereocenters. The van der Waals surface area contributed by atoms with Crippen LogP contribution in [0.2, 0.25) is 5.28 Å². The zero-order valence-electron chi connectivity index (χ0n) is 16.1. The highest BCUT2D eigenvalue weighted by Crippen LogP contribution is 2.38. The molecule has 0 spiro atoms. The summed E-state index contributed by atoms with van der Waals surface area (Å²) in [4.78, 5) is 13.7. The van der Waals surface area contributed by atoms with Gasteiger partial charge in [0, 0.05) is 18.0 Å². The van der Waals surface area contributed by atoms with Crippen LogP contribution in [0.3, 0.4) is 0 Å². The van der Waals surface area contributed by atoms with E-state index in [1.165, 1.54) is 28.8 Å². The van der Waals surface area contributed by atoms with Gasteiger partial charge >= 0.3 is 0 Å². The predicted octanol–water partition coefficient (Wildman–Crippen LogP) is 6.47. The molecule has 2 aromatic carbocycles. The Morgan fingerprint density at radius 3 is 2.34 bits per heavy atom. The average molecular weight is 420 g/mol. The maximum absolute atomic E-state index is 6.29. The minimum atomic E-state index is 0.334. The van der Waals surface area contributed by atoms with Crippen molar-refractivity contribution in [1.29, 1.82) is 0 Å². The number of aromatic nitrogens is 2. The molecule has 5 heteroatoms. The first-order valence-corrected chi connectivity index (χ1v) is 11.3. The molecule has 3 nitrogen and oxygen atoms in total. The predicted molar refractivity (Wildman–Crippen MR) is 123 cm³/mol. The summed E-state index contributed by atoms with van der Waals surface area (Å²) < 4.78 is 0. The lowest BCUT2D eigenvalue weighted by Gasteiger charge is -2.33. The molecule has 0 radical (unpaired) electrons. The van der Waals surface area contributed by atoms with Crippen LogP contribution in [0.5, 0.6) is 0 Å². The molecule has 0 saturated carbocycles. The van der Waals surface area contributed by atoms with Crippen LogP contribution in [-0.4, -0.2) is 23.1 Å². The van der Waals surface area contributed by atoms with E-state index in [0.29, 0.717) is 5.28 Å². The van der Waals surface area contributed by atoms with E-state index in [1.807, 2.05) is 6.07 Å². The van der Waals surface area contributed by atoms with Crippen molar-refractivity contribution in [2.24, 2.45) is 5.92 Å². The molecule has 0 N–H and O–H groups in total. The lowest BCUT2D eigenvalue weighted by atomic mass is 9.90. The standard InChI is InChI=1S/C24H22ClN3S/c25-24-26-22(20-16-21(29-23(20)27-24)19-9-5-2-6-10-19)28-13-11-18(12-14-28)15-17-7-3-1-4-8-17/h1-10,16,18H,11-15H2. The number of rotatable bonds is 4. The molecule has 5 rings (SSSR count). The molecule has 0 bridgehead atoms. The summed E-state index contributed by atoms with van der Waals surface area (Å²) in [6.07, 6.45) is 3.51. The van der Waals surface area contributed by atoms with Gasteiger partial charge in [0.05, 0.1) is 5.39 Å². The molecule has 4 aromatic rings. The quantitative estimate of drug-likeness (QED) is 0.355. The summed E-state index contributed by atoms with van der Waals surface area (Å²) in [5.74, 6) is 1.71. The zero-order chi connectivity index (χ0) is 19.6. The molecule has 1 saturated heterocycles. The number of nitrogens with zero attached hydrogens (tertiary/aromatic N) is 3. The molecule has 1 fully saturated rings. The van der Waals surface area contributed by atoms with Crippen LogP contribution in [0, 0.1) is 5.92 Å². The Balaban J connectivity index is 1.38. The highest BCUT2D eigenvalue weighted by molar-refractivity contribution is 7.22. The molecule has 1 aliphatic heterocycles. The lowest BCUT2D eigenvalue weighted by Crippen LogP contribution is -2.35. The van der Waals surface area contributed by atoms with Crippen LogP contribution >= 0.6 is 22.9 Å². The minimum Gasteiger partial charge on any atom is -0.356 e. The van der Waals surface area contributed by atoms with Crippen LogP contribution in [0.4, 0.5) is 5.82 Å². The smallest absolute Gasteiger partial charge is 0.225 e. The van der Waals surface area contributed by atoms with Crippen molar-refractivity contribution in [1.82, 2.24) is 9.97 Å². The summed E-state index contributed by atoms with van der Waals surface area (Å²) in [5, 5.41) is 1.44.